The van der Waals surface area contributed by atoms with Crippen LogP contribution < -0.4 is 10.6 Å². The first-order valence-electron chi connectivity index (χ1n) is 5.37. The van der Waals surface area contributed by atoms with Gasteiger partial charge in [0.05, 0.1) is 17.6 Å². The van der Waals surface area contributed by atoms with Gasteiger partial charge in [0.1, 0.15) is 0 Å². The van der Waals surface area contributed by atoms with E-state index in [0.29, 0.717) is 24.9 Å². The first-order chi connectivity index (χ1) is 8.31. The number of aromatic amines is 1. The number of rotatable bonds is 1. The van der Waals surface area contributed by atoms with E-state index < -0.39 is 0 Å². The molecule has 17 heavy (non-hydrogen) atoms. The number of benzene rings is 1. The van der Waals surface area contributed by atoms with E-state index in [9.17, 15) is 4.79 Å². The highest BCUT2D eigenvalue weighted by molar-refractivity contribution is 6.05. The number of amides is 1. The molecule has 1 aromatic carbocycles. The number of carbonyl (C=O) groups is 1. The minimum Gasteiger partial charge on any atom is -0.324 e. The normalized spacial score (nSPS) is 15.5. The summed E-state index contributed by atoms with van der Waals surface area (Å²) in [7, 11) is 0. The van der Waals surface area contributed by atoms with Crippen molar-refractivity contribution in [3.05, 3.63) is 24.3 Å². The molecule has 0 saturated heterocycles. The van der Waals surface area contributed by atoms with Crippen LogP contribution in [0.15, 0.2) is 29.3 Å². The zero-order valence-electron chi connectivity index (χ0n) is 9.03. The van der Waals surface area contributed by atoms with E-state index in [1.54, 1.807) is 0 Å². The Morgan fingerprint density at radius 2 is 2.18 bits per heavy atom. The van der Waals surface area contributed by atoms with Gasteiger partial charge in [-0.25, -0.2) is 4.98 Å². The highest BCUT2D eigenvalue weighted by Gasteiger charge is 2.12. The molecule has 2 aromatic rings. The Morgan fingerprint density at radius 1 is 1.29 bits per heavy atom. The molecular formula is C11H11N5O. The summed E-state index contributed by atoms with van der Waals surface area (Å²) in [6, 6.07) is 7.71. The number of aliphatic imine (C=N–C) groups is 1. The Bertz CT molecular complexity index is 568. The number of imidazole rings is 1. The highest BCUT2D eigenvalue weighted by Crippen LogP contribution is 2.13. The molecule has 1 aliphatic heterocycles. The average Bonchev–Trinajstić information content (AvgIpc) is 2.71. The van der Waals surface area contributed by atoms with Crippen LogP contribution in [0.2, 0.25) is 0 Å². The van der Waals surface area contributed by atoms with Gasteiger partial charge < -0.3 is 4.98 Å². The van der Waals surface area contributed by atoms with Crippen LogP contribution in [0.25, 0.3) is 11.0 Å². The Morgan fingerprint density at radius 3 is 3.00 bits per heavy atom. The second kappa shape index (κ2) is 3.89. The molecular weight excluding hydrogens is 218 g/mol. The first-order valence-corrected chi connectivity index (χ1v) is 5.37. The summed E-state index contributed by atoms with van der Waals surface area (Å²) in [4.78, 5) is 22.8. The number of guanidine groups is 1. The Kier molecular flexibility index (Phi) is 2.25. The Balaban J connectivity index is 1.85. The van der Waals surface area contributed by atoms with Gasteiger partial charge in [-0.2, -0.15) is 0 Å². The summed E-state index contributed by atoms with van der Waals surface area (Å²) in [6.07, 6.45) is 0.436. The Labute approximate surface area is 97.2 Å². The minimum absolute atomic E-state index is 0.0291. The zero-order valence-corrected chi connectivity index (χ0v) is 9.03. The molecule has 0 radical (unpaired) electrons. The van der Waals surface area contributed by atoms with Crippen molar-refractivity contribution in [3.8, 4) is 0 Å². The molecule has 0 fully saturated rings. The van der Waals surface area contributed by atoms with Gasteiger partial charge in [-0.05, 0) is 12.1 Å². The molecule has 0 spiro atoms. The first kappa shape index (κ1) is 9.83. The SMILES string of the molecule is O=C1CCN=C(Nc2nc3ccccc3[nH]2)N1. The quantitative estimate of drug-likeness (QED) is 0.678. The molecule has 6 heteroatoms. The molecule has 1 aliphatic rings. The maximum absolute atomic E-state index is 11.2. The lowest BCUT2D eigenvalue weighted by atomic mass is 10.3. The number of nitrogens with one attached hydrogen (secondary N) is 3. The van der Waals surface area contributed by atoms with Crippen LogP contribution in [0.5, 0.6) is 0 Å². The number of anilines is 1. The van der Waals surface area contributed by atoms with Crippen molar-refractivity contribution in [1.29, 1.82) is 0 Å². The minimum atomic E-state index is -0.0291. The largest absolute Gasteiger partial charge is 0.324 e. The molecule has 3 N–H and O–H groups in total. The van der Waals surface area contributed by atoms with E-state index in [-0.39, 0.29) is 5.91 Å². The molecule has 0 aliphatic carbocycles. The fourth-order valence-electron chi connectivity index (χ4n) is 1.70. The van der Waals surface area contributed by atoms with E-state index in [1.807, 2.05) is 24.3 Å². The van der Waals surface area contributed by atoms with Gasteiger partial charge in [0, 0.05) is 6.42 Å². The van der Waals surface area contributed by atoms with Gasteiger partial charge in [-0.3, -0.25) is 20.4 Å². The summed E-state index contributed by atoms with van der Waals surface area (Å²) < 4.78 is 0. The van der Waals surface area contributed by atoms with Gasteiger partial charge >= 0.3 is 0 Å². The molecule has 0 bridgehead atoms. The van der Waals surface area contributed by atoms with Crippen molar-refractivity contribution in [2.75, 3.05) is 11.9 Å². The third-order valence-electron chi connectivity index (χ3n) is 2.49. The van der Waals surface area contributed by atoms with E-state index in [0.717, 1.165) is 11.0 Å². The van der Waals surface area contributed by atoms with Crippen molar-refractivity contribution in [2.24, 2.45) is 4.99 Å². The lowest BCUT2D eigenvalue weighted by Crippen LogP contribution is -2.39. The predicted octanol–water partition coefficient (Wildman–Crippen LogP) is 0.851. The number of hydrogen-bond acceptors (Lipinski definition) is 4. The molecule has 6 nitrogen and oxygen atoms in total. The summed E-state index contributed by atoms with van der Waals surface area (Å²) in [6.45, 7) is 0.508. The second-order valence-electron chi connectivity index (χ2n) is 3.76. The number of nitrogens with zero attached hydrogens (tertiary/aromatic N) is 2. The summed E-state index contributed by atoms with van der Waals surface area (Å²) >= 11 is 0. The average molecular weight is 229 g/mol. The topological polar surface area (TPSA) is 82.2 Å². The molecule has 0 unspecified atom stereocenters. The van der Waals surface area contributed by atoms with Crippen LogP contribution in [-0.2, 0) is 4.79 Å². The van der Waals surface area contributed by atoms with Gasteiger partial charge in [0.15, 0.2) is 0 Å². The molecule has 0 saturated carbocycles. The van der Waals surface area contributed by atoms with Gasteiger partial charge in [-0.15, -0.1) is 0 Å². The van der Waals surface area contributed by atoms with Crippen LogP contribution in [0.3, 0.4) is 0 Å². The molecule has 1 aromatic heterocycles. The molecule has 86 valence electrons. The number of fused-ring (bicyclic) bond motifs is 1. The van der Waals surface area contributed by atoms with Crippen molar-refractivity contribution in [3.63, 3.8) is 0 Å². The van der Waals surface area contributed by atoms with E-state index in [2.05, 4.69) is 25.6 Å². The summed E-state index contributed by atoms with van der Waals surface area (Å²) in [5, 5.41) is 5.60. The van der Waals surface area contributed by atoms with Gasteiger partial charge in [0.2, 0.25) is 17.8 Å². The van der Waals surface area contributed by atoms with Crippen LogP contribution >= 0.6 is 0 Å². The maximum atomic E-state index is 11.2. The van der Waals surface area contributed by atoms with Crippen molar-refractivity contribution >= 4 is 28.8 Å². The predicted molar refractivity (Wildman–Crippen MR) is 64.8 cm³/mol. The van der Waals surface area contributed by atoms with Gasteiger partial charge in [0.25, 0.3) is 0 Å². The van der Waals surface area contributed by atoms with Crippen LogP contribution in [0.4, 0.5) is 5.95 Å². The lowest BCUT2D eigenvalue weighted by molar-refractivity contribution is -0.119. The third-order valence-corrected chi connectivity index (χ3v) is 2.49. The second-order valence-corrected chi connectivity index (χ2v) is 3.76. The van der Waals surface area contributed by atoms with E-state index in [4.69, 9.17) is 0 Å². The summed E-state index contributed by atoms with van der Waals surface area (Å²) in [5.74, 6) is 0.992. The van der Waals surface area contributed by atoms with Crippen LogP contribution in [0.1, 0.15) is 6.42 Å². The number of carbonyl (C=O) groups excluding carboxylic acids is 1. The van der Waals surface area contributed by atoms with Gasteiger partial charge in [-0.1, -0.05) is 12.1 Å². The molecule has 2 heterocycles. The van der Waals surface area contributed by atoms with Crippen molar-refractivity contribution < 1.29 is 4.79 Å². The smallest absolute Gasteiger partial charge is 0.228 e. The number of hydrogen-bond donors (Lipinski definition) is 3. The molecule has 1 amide bonds. The Hall–Kier alpha value is -2.37. The molecule has 3 rings (SSSR count). The summed E-state index contributed by atoms with van der Waals surface area (Å²) in [5.41, 5.74) is 1.82. The van der Waals surface area contributed by atoms with Crippen LogP contribution in [0, 0.1) is 0 Å². The van der Waals surface area contributed by atoms with Crippen molar-refractivity contribution in [1.82, 2.24) is 15.3 Å². The van der Waals surface area contributed by atoms with E-state index >= 15 is 0 Å². The number of aromatic nitrogens is 2. The number of para-hydroxylation sites is 2. The monoisotopic (exact) mass is 229 g/mol. The van der Waals surface area contributed by atoms with E-state index in [1.165, 1.54) is 0 Å². The lowest BCUT2D eigenvalue weighted by Gasteiger charge is -2.12. The highest BCUT2D eigenvalue weighted by atomic mass is 16.1. The molecule has 0 atom stereocenters. The van der Waals surface area contributed by atoms with Crippen LogP contribution in [-0.4, -0.2) is 28.4 Å². The standard InChI is InChI=1S/C11H11N5O/c17-9-5-6-12-10(15-9)16-11-13-7-3-1-2-4-8(7)14-11/h1-4H,5-6H2,(H3,12,13,14,15,16,17). The number of H-pyrrole nitrogens is 1. The fourth-order valence-corrected chi connectivity index (χ4v) is 1.70. The van der Waals surface area contributed by atoms with Crippen molar-refractivity contribution in [2.45, 2.75) is 6.42 Å². The zero-order chi connectivity index (χ0) is 11.7. The third kappa shape index (κ3) is 1.96. The maximum Gasteiger partial charge on any atom is 0.228 e. The fraction of sp³-hybridized carbons (Fsp3) is 0.182.